The number of aryl methyl sites for hydroxylation is 1. The zero-order chi connectivity index (χ0) is 18.4. The summed E-state index contributed by atoms with van der Waals surface area (Å²) >= 11 is 3.57. The molecule has 0 saturated carbocycles. The van der Waals surface area contributed by atoms with Gasteiger partial charge in [0.25, 0.3) is 0 Å². The summed E-state index contributed by atoms with van der Waals surface area (Å²) in [7, 11) is 0. The van der Waals surface area contributed by atoms with Gasteiger partial charge < -0.3 is 4.57 Å². The summed E-state index contributed by atoms with van der Waals surface area (Å²) in [6.07, 6.45) is 7.51. The largest absolute Gasteiger partial charge is 0.309 e. The van der Waals surface area contributed by atoms with Crippen LogP contribution < -0.4 is 0 Å². The van der Waals surface area contributed by atoms with E-state index in [4.69, 9.17) is 0 Å². The molecule has 3 aromatic heterocycles. The molecule has 0 aliphatic carbocycles. The van der Waals surface area contributed by atoms with Crippen LogP contribution in [0.15, 0.2) is 83.9 Å². The van der Waals surface area contributed by atoms with Gasteiger partial charge in [-0.1, -0.05) is 34.1 Å². The van der Waals surface area contributed by atoms with Crippen LogP contribution in [0.5, 0.6) is 0 Å². The van der Waals surface area contributed by atoms with Gasteiger partial charge in [0.05, 0.1) is 11.0 Å². The van der Waals surface area contributed by atoms with E-state index in [1.165, 1.54) is 16.7 Å². The fourth-order valence-electron chi connectivity index (χ4n) is 3.75. The Morgan fingerprint density at radius 1 is 0.815 bits per heavy atom. The van der Waals surface area contributed by atoms with E-state index in [0.29, 0.717) is 0 Å². The molecular weight excluding hydrogens is 398 g/mol. The van der Waals surface area contributed by atoms with Gasteiger partial charge in [-0.15, -0.1) is 0 Å². The number of hydrogen-bond donors (Lipinski definition) is 0. The summed E-state index contributed by atoms with van der Waals surface area (Å²) in [5.41, 5.74) is 7.12. The molecule has 0 amide bonds. The second-order valence-corrected chi connectivity index (χ2v) is 7.55. The van der Waals surface area contributed by atoms with E-state index in [9.17, 15) is 0 Å². The molecular formula is C23H16BrN3. The van der Waals surface area contributed by atoms with Crippen molar-refractivity contribution in [1.82, 2.24) is 14.5 Å². The fourth-order valence-corrected chi connectivity index (χ4v) is 4.15. The van der Waals surface area contributed by atoms with Crippen molar-refractivity contribution in [2.45, 2.75) is 6.92 Å². The van der Waals surface area contributed by atoms with Gasteiger partial charge in [0.1, 0.15) is 0 Å². The Hall–Kier alpha value is -2.98. The minimum atomic E-state index is 1.09. The molecule has 5 aromatic rings. The van der Waals surface area contributed by atoms with Gasteiger partial charge in [-0.2, -0.15) is 0 Å². The van der Waals surface area contributed by atoms with E-state index in [2.05, 4.69) is 85.9 Å². The van der Waals surface area contributed by atoms with Crippen LogP contribution in [0.25, 0.3) is 38.6 Å². The monoisotopic (exact) mass is 413 g/mol. The second-order valence-electron chi connectivity index (χ2n) is 6.63. The molecule has 0 aliphatic rings. The number of aromatic nitrogens is 3. The summed E-state index contributed by atoms with van der Waals surface area (Å²) in [4.78, 5) is 8.61. The van der Waals surface area contributed by atoms with Crippen LogP contribution in [0.2, 0.25) is 0 Å². The molecule has 5 rings (SSSR count). The van der Waals surface area contributed by atoms with E-state index in [1.807, 2.05) is 30.9 Å². The van der Waals surface area contributed by atoms with Crippen LogP contribution in [-0.2, 0) is 0 Å². The van der Waals surface area contributed by atoms with E-state index in [1.54, 1.807) is 0 Å². The van der Waals surface area contributed by atoms with Crippen LogP contribution in [0.3, 0.4) is 0 Å². The van der Waals surface area contributed by atoms with Crippen LogP contribution in [0.1, 0.15) is 5.56 Å². The van der Waals surface area contributed by atoms with Crippen molar-refractivity contribution in [3.8, 4) is 16.8 Å². The number of fused-ring (bicyclic) bond motifs is 3. The quantitative estimate of drug-likeness (QED) is 0.339. The highest BCUT2D eigenvalue weighted by Crippen LogP contribution is 2.33. The van der Waals surface area contributed by atoms with E-state index in [0.717, 1.165) is 32.0 Å². The van der Waals surface area contributed by atoms with Gasteiger partial charge in [0.15, 0.2) is 0 Å². The minimum Gasteiger partial charge on any atom is -0.309 e. The third-order valence-corrected chi connectivity index (χ3v) is 5.47. The van der Waals surface area contributed by atoms with Gasteiger partial charge >= 0.3 is 0 Å². The van der Waals surface area contributed by atoms with Gasteiger partial charge in [0, 0.05) is 45.7 Å². The first-order valence-corrected chi connectivity index (χ1v) is 9.57. The molecule has 130 valence electrons. The first-order valence-electron chi connectivity index (χ1n) is 8.77. The maximum absolute atomic E-state index is 4.30. The first-order chi connectivity index (χ1) is 13.2. The molecule has 0 radical (unpaired) electrons. The van der Waals surface area contributed by atoms with Gasteiger partial charge in [-0.05, 0) is 60.0 Å². The Morgan fingerprint density at radius 2 is 1.52 bits per heavy atom. The molecule has 0 bridgehead atoms. The lowest BCUT2D eigenvalue weighted by Gasteiger charge is -2.12. The van der Waals surface area contributed by atoms with Crippen LogP contribution in [0.4, 0.5) is 0 Å². The molecule has 0 unspecified atom stereocenters. The predicted octanol–water partition coefficient (Wildman–Crippen LogP) is 6.31. The normalized spacial score (nSPS) is 11.3. The highest BCUT2D eigenvalue weighted by Gasteiger charge is 2.13. The molecule has 2 aromatic carbocycles. The third-order valence-electron chi connectivity index (χ3n) is 4.97. The minimum absolute atomic E-state index is 1.09. The number of halogens is 1. The van der Waals surface area contributed by atoms with E-state index < -0.39 is 0 Å². The lowest BCUT2D eigenvalue weighted by atomic mass is 10.00. The van der Waals surface area contributed by atoms with Crippen molar-refractivity contribution in [1.29, 1.82) is 0 Å². The molecule has 27 heavy (non-hydrogen) atoms. The second kappa shape index (κ2) is 6.32. The van der Waals surface area contributed by atoms with E-state index in [-0.39, 0.29) is 0 Å². The number of rotatable bonds is 2. The van der Waals surface area contributed by atoms with Crippen molar-refractivity contribution in [2.75, 3.05) is 0 Å². The predicted molar refractivity (Wildman–Crippen MR) is 114 cm³/mol. The lowest BCUT2D eigenvalue weighted by molar-refractivity contribution is 1.16. The highest BCUT2D eigenvalue weighted by molar-refractivity contribution is 9.10. The Balaban J connectivity index is 1.75. The van der Waals surface area contributed by atoms with Crippen LogP contribution in [-0.4, -0.2) is 14.5 Å². The summed E-state index contributed by atoms with van der Waals surface area (Å²) in [5, 5.41) is 2.24. The Morgan fingerprint density at radius 3 is 2.15 bits per heavy atom. The smallest absolute Gasteiger partial charge is 0.0572 e. The average molecular weight is 414 g/mol. The fraction of sp³-hybridized carbons (Fsp3) is 0.0435. The molecule has 0 fully saturated rings. The summed E-state index contributed by atoms with van der Waals surface area (Å²) in [6, 6.07) is 19.2. The van der Waals surface area contributed by atoms with Gasteiger partial charge in [-0.25, -0.2) is 0 Å². The van der Waals surface area contributed by atoms with Crippen molar-refractivity contribution >= 4 is 37.7 Å². The maximum Gasteiger partial charge on any atom is 0.0572 e. The zero-order valence-electron chi connectivity index (χ0n) is 14.7. The Kier molecular flexibility index (Phi) is 3.80. The Labute approximate surface area is 165 Å². The Bertz CT molecular complexity index is 1250. The van der Waals surface area contributed by atoms with Crippen molar-refractivity contribution < 1.29 is 0 Å². The van der Waals surface area contributed by atoms with Crippen molar-refractivity contribution in [3.63, 3.8) is 0 Å². The number of hydrogen-bond acceptors (Lipinski definition) is 2. The summed E-state index contributed by atoms with van der Waals surface area (Å²) < 4.78 is 3.37. The molecule has 3 heterocycles. The average Bonchev–Trinajstić information content (AvgIpc) is 3.02. The zero-order valence-corrected chi connectivity index (χ0v) is 16.3. The van der Waals surface area contributed by atoms with Crippen molar-refractivity contribution in [3.05, 3.63) is 89.4 Å². The van der Waals surface area contributed by atoms with Crippen LogP contribution in [0, 0.1) is 6.92 Å². The first kappa shape index (κ1) is 16.2. The molecule has 3 nitrogen and oxygen atoms in total. The standard InChI is InChI=1S/C23H16BrN3/c1-15-11-18(5-6-19(15)16-3-2-4-17(24)12-16)27-22-7-9-25-13-20(22)21-14-26-10-8-23(21)27/h2-14H,1H3. The third kappa shape index (κ3) is 2.64. The summed E-state index contributed by atoms with van der Waals surface area (Å²) in [6.45, 7) is 2.16. The van der Waals surface area contributed by atoms with Gasteiger partial charge in [-0.3, -0.25) is 9.97 Å². The highest BCUT2D eigenvalue weighted by atomic mass is 79.9. The van der Waals surface area contributed by atoms with Crippen LogP contribution >= 0.6 is 15.9 Å². The lowest BCUT2D eigenvalue weighted by Crippen LogP contribution is -1.95. The SMILES string of the molecule is Cc1cc(-n2c3ccncc3c3cnccc32)ccc1-c1cccc(Br)c1. The summed E-state index contributed by atoms with van der Waals surface area (Å²) in [5.74, 6) is 0. The number of benzene rings is 2. The van der Waals surface area contributed by atoms with E-state index >= 15 is 0 Å². The molecule has 0 atom stereocenters. The maximum atomic E-state index is 4.30. The molecule has 0 spiro atoms. The molecule has 0 saturated heterocycles. The molecule has 0 aliphatic heterocycles. The number of pyridine rings is 2. The van der Waals surface area contributed by atoms with Gasteiger partial charge in [0.2, 0.25) is 0 Å². The van der Waals surface area contributed by atoms with Crippen molar-refractivity contribution in [2.24, 2.45) is 0 Å². The number of nitrogens with zero attached hydrogens (tertiary/aromatic N) is 3. The topological polar surface area (TPSA) is 30.7 Å². The molecule has 4 heteroatoms. The molecule has 0 N–H and O–H groups in total.